The number of H-pyrrole nitrogens is 1. The van der Waals surface area contributed by atoms with Crippen LogP contribution in [-0.2, 0) is 27.5 Å². The van der Waals surface area contributed by atoms with Crippen LogP contribution in [0.1, 0.15) is 26.5 Å². The number of ether oxygens (including phenoxy) is 2. The molecular weight excluding hydrogens is 486 g/mol. The van der Waals surface area contributed by atoms with Crippen LogP contribution in [0.2, 0.25) is 0 Å². The van der Waals surface area contributed by atoms with Gasteiger partial charge in [-0.2, -0.15) is 5.10 Å². The van der Waals surface area contributed by atoms with Crippen LogP contribution in [0.15, 0.2) is 22.0 Å². The van der Waals surface area contributed by atoms with Crippen molar-refractivity contribution in [2.45, 2.75) is 44.0 Å². The van der Waals surface area contributed by atoms with Crippen molar-refractivity contribution in [2.24, 2.45) is 0 Å². The van der Waals surface area contributed by atoms with Crippen molar-refractivity contribution in [2.75, 3.05) is 46.5 Å². The van der Waals surface area contributed by atoms with Crippen molar-refractivity contribution in [3.8, 4) is 17.3 Å². The summed E-state index contributed by atoms with van der Waals surface area (Å²) in [5, 5.41) is 6.93. The molecule has 0 aromatic carbocycles. The molecule has 3 aromatic rings. The van der Waals surface area contributed by atoms with E-state index in [1.165, 1.54) is 12.3 Å². The molecule has 3 aromatic heterocycles. The first-order valence-electron chi connectivity index (χ1n) is 12.1. The van der Waals surface area contributed by atoms with Gasteiger partial charge in [0.2, 0.25) is 5.88 Å². The molecule has 4 rings (SSSR count). The predicted molar refractivity (Wildman–Crippen MR) is 135 cm³/mol. The zero-order valence-corrected chi connectivity index (χ0v) is 21.9. The first kappa shape index (κ1) is 26.2. The van der Waals surface area contributed by atoms with E-state index in [0.717, 1.165) is 18.8 Å². The van der Waals surface area contributed by atoms with Gasteiger partial charge in [-0.15, -0.1) is 0 Å². The lowest BCUT2D eigenvalue weighted by Gasteiger charge is -2.32. The summed E-state index contributed by atoms with van der Waals surface area (Å²) in [6.45, 7) is 9.41. The van der Waals surface area contributed by atoms with Crippen LogP contribution in [0, 0.1) is 0 Å². The van der Waals surface area contributed by atoms with E-state index in [9.17, 15) is 13.2 Å². The summed E-state index contributed by atoms with van der Waals surface area (Å²) in [6, 6.07) is 1.48. The number of aromatic amines is 1. The van der Waals surface area contributed by atoms with Crippen molar-refractivity contribution in [3.05, 3.63) is 28.3 Å². The molecule has 36 heavy (non-hydrogen) atoms. The summed E-state index contributed by atoms with van der Waals surface area (Å²) >= 11 is 0. The van der Waals surface area contributed by atoms with Crippen LogP contribution in [0.4, 0.5) is 0 Å². The molecule has 12 nitrogen and oxygen atoms in total. The van der Waals surface area contributed by atoms with E-state index in [1.54, 1.807) is 25.6 Å². The number of pyridine rings is 1. The molecule has 196 valence electrons. The molecule has 1 saturated heterocycles. The zero-order chi connectivity index (χ0) is 25.9. The van der Waals surface area contributed by atoms with Crippen molar-refractivity contribution < 1.29 is 17.9 Å². The Bertz CT molecular complexity index is 1380. The van der Waals surface area contributed by atoms with E-state index in [1.807, 2.05) is 11.8 Å². The van der Waals surface area contributed by atoms with Crippen LogP contribution in [0.3, 0.4) is 0 Å². The molecule has 2 N–H and O–H groups in total. The third-order valence-corrected chi connectivity index (χ3v) is 8.42. The molecule has 1 aliphatic rings. The Morgan fingerprint density at radius 1 is 1.19 bits per heavy atom. The standard InChI is InChI=1S/C23H33N7O5S/c1-5-18-19-20(28-30(18)11-12-34-4)22(31)27-21(26-19)17-13-16(14-25-23(17)35-6-2)36(32,33)15(3)29-9-7-24-8-10-29/h13-15,24H,5-12H2,1-4H3,(H,26,27,31). The number of aromatic nitrogens is 5. The second kappa shape index (κ2) is 11.0. The van der Waals surface area contributed by atoms with Crippen LogP contribution < -0.4 is 15.6 Å². The van der Waals surface area contributed by atoms with Gasteiger partial charge in [0.1, 0.15) is 16.7 Å². The first-order valence-corrected chi connectivity index (χ1v) is 13.7. The molecule has 0 bridgehead atoms. The second-order valence-corrected chi connectivity index (χ2v) is 10.8. The number of fused-ring (bicyclic) bond motifs is 1. The first-order chi connectivity index (χ1) is 17.3. The van der Waals surface area contributed by atoms with Gasteiger partial charge in [-0.3, -0.25) is 14.4 Å². The molecule has 13 heteroatoms. The SMILES string of the molecule is CCOc1ncc(S(=O)(=O)C(C)N2CCNCC2)cc1-c1nc2c(CC)n(CCOC)nc2c(=O)[nH]1. The number of nitrogens with one attached hydrogen (secondary N) is 2. The zero-order valence-electron chi connectivity index (χ0n) is 21.1. The molecule has 0 saturated carbocycles. The second-order valence-electron chi connectivity index (χ2n) is 8.51. The Balaban J connectivity index is 1.82. The highest BCUT2D eigenvalue weighted by molar-refractivity contribution is 7.92. The molecule has 0 radical (unpaired) electrons. The smallest absolute Gasteiger partial charge is 0.279 e. The van der Waals surface area contributed by atoms with Crippen LogP contribution in [0.5, 0.6) is 5.88 Å². The van der Waals surface area contributed by atoms with Gasteiger partial charge in [-0.1, -0.05) is 6.92 Å². The van der Waals surface area contributed by atoms with Crippen molar-refractivity contribution in [3.63, 3.8) is 0 Å². The molecule has 0 amide bonds. The van der Waals surface area contributed by atoms with E-state index in [-0.39, 0.29) is 22.1 Å². The Morgan fingerprint density at radius 2 is 1.94 bits per heavy atom. The molecule has 1 aliphatic heterocycles. The van der Waals surface area contributed by atoms with Gasteiger partial charge in [0.05, 0.1) is 35.9 Å². The maximum atomic E-state index is 13.5. The Morgan fingerprint density at radius 3 is 2.61 bits per heavy atom. The van der Waals surface area contributed by atoms with Gasteiger partial charge in [0, 0.05) is 39.5 Å². The molecular formula is C23H33N7O5S. The van der Waals surface area contributed by atoms with Gasteiger partial charge in [0.25, 0.3) is 5.56 Å². The molecule has 0 spiro atoms. The lowest BCUT2D eigenvalue weighted by molar-refractivity contribution is 0.183. The van der Waals surface area contributed by atoms with E-state index < -0.39 is 20.8 Å². The fraction of sp³-hybridized carbons (Fsp3) is 0.565. The minimum absolute atomic E-state index is 0.0428. The van der Waals surface area contributed by atoms with Gasteiger partial charge in [-0.05, 0) is 26.3 Å². The van der Waals surface area contributed by atoms with E-state index in [2.05, 4.69) is 20.4 Å². The van der Waals surface area contributed by atoms with Crippen LogP contribution in [-0.4, -0.2) is 89.9 Å². The number of rotatable bonds is 10. The van der Waals surface area contributed by atoms with Gasteiger partial charge in [-0.25, -0.2) is 18.4 Å². The minimum atomic E-state index is -3.74. The number of piperazine rings is 1. The topological polar surface area (TPSA) is 144 Å². The molecule has 0 aliphatic carbocycles. The third kappa shape index (κ3) is 5.01. The lowest BCUT2D eigenvalue weighted by Crippen LogP contribution is -2.49. The van der Waals surface area contributed by atoms with Gasteiger partial charge >= 0.3 is 0 Å². The molecule has 4 heterocycles. The predicted octanol–water partition coefficient (Wildman–Crippen LogP) is 0.814. The average molecular weight is 520 g/mol. The van der Waals surface area contributed by atoms with E-state index in [0.29, 0.717) is 50.3 Å². The Kier molecular flexibility index (Phi) is 8.03. The van der Waals surface area contributed by atoms with E-state index in [4.69, 9.17) is 14.5 Å². The Labute approximate surface area is 209 Å². The monoisotopic (exact) mass is 519 g/mol. The van der Waals surface area contributed by atoms with Gasteiger partial charge in [0.15, 0.2) is 15.4 Å². The van der Waals surface area contributed by atoms with Gasteiger partial charge < -0.3 is 19.8 Å². The number of methoxy groups -OCH3 is 1. The van der Waals surface area contributed by atoms with E-state index >= 15 is 0 Å². The maximum Gasteiger partial charge on any atom is 0.279 e. The summed E-state index contributed by atoms with van der Waals surface area (Å²) in [5.74, 6) is 0.370. The molecule has 1 fully saturated rings. The quantitative estimate of drug-likeness (QED) is 0.395. The summed E-state index contributed by atoms with van der Waals surface area (Å²) in [5.41, 5.74) is 1.34. The highest BCUT2D eigenvalue weighted by Crippen LogP contribution is 2.30. The maximum absolute atomic E-state index is 13.5. The fourth-order valence-corrected chi connectivity index (χ4v) is 5.83. The van der Waals surface area contributed by atoms with Crippen molar-refractivity contribution in [1.82, 2.24) is 34.9 Å². The number of nitrogens with zero attached hydrogens (tertiary/aromatic N) is 5. The summed E-state index contributed by atoms with van der Waals surface area (Å²) in [6.07, 6.45) is 1.91. The van der Waals surface area contributed by atoms with Crippen LogP contribution >= 0.6 is 0 Å². The minimum Gasteiger partial charge on any atom is -0.477 e. The van der Waals surface area contributed by atoms with Crippen molar-refractivity contribution in [1.29, 1.82) is 0 Å². The number of sulfone groups is 1. The third-order valence-electron chi connectivity index (χ3n) is 6.35. The summed E-state index contributed by atoms with van der Waals surface area (Å²) in [4.78, 5) is 26.7. The largest absolute Gasteiger partial charge is 0.477 e. The number of hydrogen-bond acceptors (Lipinski definition) is 10. The lowest BCUT2D eigenvalue weighted by atomic mass is 10.2. The molecule has 1 unspecified atom stereocenters. The molecule has 1 atom stereocenters. The highest BCUT2D eigenvalue weighted by Gasteiger charge is 2.31. The average Bonchev–Trinajstić information content (AvgIpc) is 3.25. The highest BCUT2D eigenvalue weighted by atomic mass is 32.2. The Hall–Kier alpha value is -2.87. The van der Waals surface area contributed by atoms with Crippen molar-refractivity contribution >= 4 is 20.9 Å². The normalized spacial score (nSPS) is 15.9. The number of aryl methyl sites for hydroxylation is 1. The fourth-order valence-electron chi connectivity index (χ4n) is 4.35. The van der Waals surface area contributed by atoms with Crippen LogP contribution in [0.25, 0.3) is 22.4 Å². The summed E-state index contributed by atoms with van der Waals surface area (Å²) in [7, 11) is -2.14. The number of hydrogen-bond donors (Lipinski definition) is 2. The summed E-state index contributed by atoms with van der Waals surface area (Å²) < 4.78 is 39.6.